The largest absolute Gasteiger partial charge is 0.294 e. The number of aryl methyl sites for hydroxylation is 1. The minimum Gasteiger partial charge on any atom is -0.294 e. The van der Waals surface area contributed by atoms with E-state index in [1.165, 1.54) is 6.20 Å². The molecule has 0 saturated carbocycles. The van der Waals surface area contributed by atoms with Gasteiger partial charge in [0.2, 0.25) is 0 Å². The molecule has 1 aliphatic rings. The fraction of sp³-hybridized carbons (Fsp3) is 0.231. The second kappa shape index (κ2) is 4.87. The highest BCUT2D eigenvalue weighted by atomic mass is 35.5. The van der Waals surface area contributed by atoms with Crippen molar-refractivity contribution in [2.45, 2.75) is 19.3 Å². The monoisotopic (exact) mass is 293 g/mol. The van der Waals surface area contributed by atoms with Crippen LogP contribution >= 0.6 is 23.2 Å². The highest BCUT2D eigenvalue weighted by molar-refractivity contribution is 6.35. The third-order valence-corrected chi connectivity index (χ3v) is 3.50. The third-order valence-electron chi connectivity index (χ3n) is 3.01. The van der Waals surface area contributed by atoms with Gasteiger partial charge in [-0.2, -0.15) is 0 Å². The van der Waals surface area contributed by atoms with Gasteiger partial charge in [-0.3, -0.25) is 4.79 Å². The maximum absolute atomic E-state index is 11.7. The van der Waals surface area contributed by atoms with Crippen molar-refractivity contribution < 1.29 is 4.79 Å². The summed E-state index contributed by atoms with van der Waals surface area (Å²) >= 11 is 11.9. The normalized spacial score (nSPS) is 14.3. The van der Waals surface area contributed by atoms with E-state index in [0.29, 0.717) is 33.5 Å². The van der Waals surface area contributed by atoms with Crippen LogP contribution in [0.5, 0.6) is 0 Å². The summed E-state index contributed by atoms with van der Waals surface area (Å²) in [5, 5.41) is 0.858. The molecule has 0 bridgehead atoms. The van der Waals surface area contributed by atoms with E-state index in [1.807, 2.05) is 0 Å². The van der Waals surface area contributed by atoms with Crippen LogP contribution in [0.15, 0.2) is 18.5 Å². The summed E-state index contributed by atoms with van der Waals surface area (Å²) < 4.78 is 0. The van der Waals surface area contributed by atoms with Gasteiger partial charge in [0.05, 0.1) is 21.3 Å². The number of halogens is 2. The van der Waals surface area contributed by atoms with Gasteiger partial charge in [0, 0.05) is 18.8 Å². The zero-order valence-corrected chi connectivity index (χ0v) is 11.4. The molecule has 0 amide bonds. The van der Waals surface area contributed by atoms with Crippen LogP contribution in [0.3, 0.4) is 0 Å². The zero-order chi connectivity index (χ0) is 13.4. The molecule has 0 aliphatic heterocycles. The van der Waals surface area contributed by atoms with Gasteiger partial charge in [-0.15, -0.1) is 0 Å². The van der Waals surface area contributed by atoms with Crippen molar-refractivity contribution in [1.29, 1.82) is 0 Å². The average molecular weight is 294 g/mol. The van der Waals surface area contributed by atoms with Crippen LogP contribution in [0, 0.1) is 0 Å². The van der Waals surface area contributed by atoms with Gasteiger partial charge in [0.15, 0.2) is 11.6 Å². The first-order valence-electron chi connectivity index (χ1n) is 5.85. The number of fused-ring (bicyclic) bond motifs is 1. The van der Waals surface area contributed by atoms with E-state index in [-0.39, 0.29) is 5.78 Å². The summed E-state index contributed by atoms with van der Waals surface area (Å²) in [7, 11) is 0. The van der Waals surface area contributed by atoms with Crippen molar-refractivity contribution in [3.05, 3.63) is 39.8 Å². The number of hydrogen-bond donors (Lipinski definition) is 0. The number of hydrogen-bond acceptors (Lipinski definition) is 4. The molecule has 0 atom stereocenters. The minimum absolute atomic E-state index is 0.1000. The van der Waals surface area contributed by atoms with Crippen LogP contribution in [0.4, 0.5) is 0 Å². The van der Waals surface area contributed by atoms with E-state index < -0.39 is 0 Å². The molecule has 4 nitrogen and oxygen atoms in total. The number of aromatic nitrogens is 3. The number of pyridine rings is 1. The van der Waals surface area contributed by atoms with E-state index in [2.05, 4.69) is 15.0 Å². The van der Waals surface area contributed by atoms with E-state index >= 15 is 0 Å². The fourth-order valence-electron chi connectivity index (χ4n) is 2.08. The van der Waals surface area contributed by atoms with Gasteiger partial charge < -0.3 is 0 Å². The molecule has 0 radical (unpaired) electrons. The van der Waals surface area contributed by atoms with Gasteiger partial charge in [0.25, 0.3) is 0 Å². The number of carbonyl (C=O) groups is 1. The van der Waals surface area contributed by atoms with Gasteiger partial charge in [0.1, 0.15) is 5.69 Å². The molecule has 0 N–H and O–H groups in total. The predicted octanol–water partition coefficient (Wildman–Crippen LogP) is 3.36. The van der Waals surface area contributed by atoms with Crippen LogP contribution < -0.4 is 0 Å². The number of Topliss-reactive ketones (excluding diaryl/α,β-unsaturated/α-hetero) is 1. The number of nitrogens with zero attached hydrogens (tertiary/aromatic N) is 3. The molecule has 0 spiro atoms. The smallest absolute Gasteiger partial charge is 0.179 e. The number of rotatable bonds is 1. The molecular weight excluding hydrogens is 285 g/mol. The summed E-state index contributed by atoms with van der Waals surface area (Å²) in [6.45, 7) is 0. The molecule has 2 aromatic heterocycles. The number of carbonyl (C=O) groups excluding carboxylic acids is 1. The quantitative estimate of drug-likeness (QED) is 0.809. The van der Waals surface area contributed by atoms with Crippen LogP contribution in [0.2, 0.25) is 10.0 Å². The van der Waals surface area contributed by atoms with Gasteiger partial charge >= 0.3 is 0 Å². The van der Waals surface area contributed by atoms with Gasteiger partial charge in [-0.05, 0) is 18.9 Å². The second-order valence-corrected chi connectivity index (χ2v) is 5.16. The predicted molar refractivity (Wildman–Crippen MR) is 72.6 cm³/mol. The molecule has 19 heavy (non-hydrogen) atoms. The van der Waals surface area contributed by atoms with Crippen molar-refractivity contribution >= 4 is 29.0 Å². The lowest BCUT2D eigenvalue weighted by Gasteiger charge is -2.13. The van der Waals surface area contributed by atoms with E-state index in [9.17, 15) is 4.79 Å². The maximum Gasteiger partial charge on any atom is 0.179 e. The Labute approximate surface area is 119 Å². The zero-order valence-electron chi connectivity index (χ0n) is 9.86. The highest BCUT2D eigenvalue weighted by Gasteiger charge is 2.20. The van der Waals surface area contributed by atoms with E-state index in [4.69, 9.17) is 23.2 Å². The van der Waals surface area contributed by atoms with Crippen molar-refractivity contribution in [3.63, 3.8) is 0 Å². The Balaban J connectivity index is 2.09. The van der Waals surface area contributed by atoms with Gasteiger partial charge in [-0.25, -0.2) is 15.0 Å². The summed E-state index contributed by atoms with van der Waals surface area (Å²) in [6, 6.07) is 1.60. The molecule has 0 unspecified atom stereocenters. The molecule has 2 heterocycles. The summed E-state index contributed by atoms with van der Waals surface area (Å²) in [4.78, 5) is 24.4. The standard InChI is InChI=1S/C13H9Cl2N3O/c14-7-4-9(15)12(16-5-7)13-17-6-8-10(18-13)2-1-3-11(8)19/h4-6H,1-3H2. The molecule has 0 aromatic carbocycles. The average Bonchev–Trinajstić information content (AvgIpc) is 2.38. The molecule has 6 heteroatoms. The molecule has 96 valence electrons. The first-order chi connectivity index (χ1) is 9.15. The minimum atomic E-state index is 0.1000. The third kappa shape index (κ3) is 2.33. The number of ketones is 1. The molecular formula is C13H9Cl2N3O. The summed E-state index contributed by atoms with van der Waals surface area (Å²) in [6.07, 6.45) is 5.23. The lowest BCUT2D eigenvalue weighted by Crippen LogP contribution is -2.14. The van der Waals surface area contributed by atoms with Crippen LogP contribution in [0.1, 0.15) is 28.9 Å². The van der Waals surface area contributed by atoms with Crippen molar-refractivity contribution in [2.24, 2.45) is 0 Å². The molecule has 0 fully saturated rings. The van der Waals surface area contributed by atoms with Gasteiger partial charge in [-0.1, -0.05) is 23.2 Å². The lowest BCUT2D eigenvalue weighted by atomic mass is 9.96. The summed E-state index contributed by atoms with van der Waals surface area (Å²) in [5.74, 6) is 0.526. The SMILES string of the molecule is O=C1CCCc2nc(-c3ncc(Cl)cc3Cl)ncc21. The topological polar surface area (TPSA) is 55.7 Å². The van der Waals surface area contributed by atoms with E-state index in [0.717, 1.165) is 18.5 Å². The summed E-state index contributed by atoms with van der Waals surface area (Å²) in [5.41, 5.74) is 1.86. The Morgan fingerprint density at radius 2 is 1.95 bits per heavy atom. The van der Waals surface area contributed by atoms with Crippen LogP contribution in [-0.4, -0.2) is 20.7 Å². The Kier molecular flexibility index (Phi) is 3.21. The van der Waals surface area contributed by atoms with Crippen LogP contribution in [0.25, 0.3) is 11.5 Å². The lowest BCUT2D eigenvalue weighted by molar-refractivity contribution is 0.0971. The van der Waals surface area contributed by atoms with Crippen molar-refractivity contribution in [3.8, 4) is 11.5 Å². The first kappa shape index (κ1) is 12.5. The fourth-order valence-corrected chi connectivity index (χ4v) is 2.55. The van der Waals surface area contributed by atoms with Crippen molar-refractivity contribution in [1.82, 2.24) is 15.0 Å². The highest BCUT2D eigenvalue weighted by Crippen LogP contribution is 2.27. The Hall–Kier alpha value is -1.52. The second-order valence-electron chi connectivity index (χ2n) is 4.31. The molecule has 0 saturated heterocycles. The molecule has 2 aromatic rings. The van der Waals surface area contributed by atoms with E-state index in [1.54, 1.807) is 12.3 Å². The Morgan fingerprint density at radius 1 is 1.11 bits per heavy atom. The first-order valence-corrected chi connectivity index (χ1v) is 6.61. The maximum atomic E-state index is 11.7. The van der Waals surface area contributed by atoms with Crippen LogP contribution in [-0.2, 0) is 6.42 Å². The molecule has 3 rings (SSSR count). The Morgan fingerprint density at radius 3 is 2.74 bits per heavy atom. The Bertz CT molecular complexity index is 673. The van der Waals surface area contributed by atoms with Crippen molar-refractivity contribution in [2.75, 3.05) is 0 Å². The molecule has 1 aliphatic carbocycles.